The summed E-state index contributed by atoms with van der Waals surface area (Å²) in [5.41, 5.74) is 4.87. The zero-order valence-corrected chi connectivity index (χ0v) is 20.5. The molecular formula is C29H39NO3. The lowest BCUT2D eigenvalue weighted by atomic mass is 9.47. The maximum atomic E-state index is 12.1. The Morgan fingerprint density at radius 1 is 1.12 bits per heavy atom. The Morgan fingerprint density at radius 2 is 1.97 bits per heavy atom. The molecule has 5 rings (SSSR count). The van der Waals surface area contributed by atoms with E-state index < -0.39 is 6.16 Å². The molecule has 1 aromatic heterocycles. The van der Waals surface area contributed by atoms with E-state index in [1.807, 2.05) is 12.4 Å². The van der Waals surface area contributed by atoms with Crippen molar-refractivity contribution in [3.05, 3.63) is 47.8 Å². The average Bonchev–Trinajstić information content (AvgIpc) is 3.17. The molecule has 4 nitrogen and oxygen atoms in total. The number of nitrogens with zero attached hydrogens (tertiary/aromatic N) is 1. The minimum atomic E-state index is -0.486. The Labute approximate surface area is 198 Å². The lowest BCUT2D eigenvalue weighted by Gasteiger charge is -2.57. The molecule has 1 heterocycles. The number of fused-ring (bicyclic) bond motifs is 5. The molecule has 2 saturated carbocycles. The summed E-state index contributed by atoms with van der Waals surface area (Å²) in [6.45, 7) is 7.56. The summed E-state index contributed by atoms with van der Waals surface area (Å²) < 4.78 is 10.9. The monoisotopic (exact) mass is 449 g/mol. The lowest BCUT2D eigenvalue weighted by molar-refractivity contribution is -0.0360. The number of aromatic nitrogens is 1. The van der Waals surface area contributed by atoms with Gasteiger partial charge in [-0.05, 0) is 90.7 Å². The van der Waals surface area contributed by atoms with Crippen molar-refractivity contribution in [2.24, 2.45) is 28.6 Å². The average molecular weight is 450 g/mol. The van der Waals surface area contributed by atoms with Gasteiger partial charge < -0.3 is 9.47 Å². The van der Waals surface area contributed by atoms with E-state index >= 15 is 0 Å². The molecule has 0 saturated heterocycles. The van der Waals surface area contributed by atoms with Gasteiger partial charge in [0.2, 0.25) is 0 Å². The smallest absolute Gasteiger partial charge is 0.434 e. The van der Waals surface area contributed by atoms with Gasteiger partial charge in [-0.3, -0.25) is 4.98 Å². The van der Waals surface area contributed by atoms with E-state index in [4.69, 9.17) is 9.47 Å². The molecule has 0 radical (unpaired) electrons. The van der Waals surface area contributed by atoms with Crippen LogP contribution in [0.3, 0.4) is 0 Å². The van der Waals surface area contributed by atoms with Crippen molar-refractivity contribution in [1.82, 2.24) is 4.98 Å². The van der Waals surface area contributed by atoms with Crippen molar-refractivity contribution in [2.45, 2.75) is 84.7 Å². The maximum absolute atomic E-state index is 12.1. The first-order valence-corrected chi connectivity index (χ1v) is 13.1. The second-order valence-electron chi connectivity index (χ2n) is 11.2. The van der Waals surface area contributed by atoms with Gasteiger partial charge in [-0.1, -0.05) is 51.0 Å². The van der Waals surface area contributed by atoms with Gasteiger partial charge in [-0.25, -0.2) is 4.79 Å². The molecular weight excluding hydrogens is 410 g/mol. The van der Waals surface area contributed by atoms with Crippen LogP contribution >= 0.6 is 0 Å². The molecule has 1 aromatic rings. The van der Waals surface area contributed by atoms with E-state index in [1.54, 1.807) is 0 Å². The zero-order valence-electron chi connectivity index (χ0n) is 20.5. The molecule has 0 amide bonds. The molecule has 0 spiro atoms. The van der Waals surface area contributed by atoms with Crippen LogP contribution in [0.25, 0.3) is 5.57 Å². The summed E-state index contributed by atoms with van der Waals surface area (Å²) in [6.07, 6.45) is 18.2. The molecule has 4 heteroatoms. The van der Waals surface area contributed by atoms with Crippen molar-refractivity contribution >= 4 is 11.7 Å². The van der Waals surface area contributed by atoms with Gasteiger partial charge >= 0.3 is 6.16 Å². The van der Waals surface area contributed by atoms with Crippen LogP contribution in [0.1, 0.15) is 84.1 Å². The molecule has 0 N–H and O–H groups in total. The van der Waals surface area contributed by atoms with E-state index in [9.17, 15) is 4.79 Å². The topological polar surface area (TPSA) is 48.4 Å². The number of allylic oxidation sites excluding steroid dienone is 3. The summed E-state index contributed by atoms with van der Waals surface area (Å²) in [4.78, 5) is 16.5. The number of hydrogen-bond acceptors (Lipinski definition) is 4. The van der Waals surface area contributed by atoms with Crippen molar-refractivity contribution in [2.75, 3.05) is 6.61 Å². The molecule has 0 unspecified atom stereocenters. The summed E-state index contributed by atoms with van der Waals surface area (Å²) in [5.74, 6) is 2.18. The minimum absolute atomic E-state index is 0.0332. The lowest BCUT2D eigenvalue weighted by Crippen LogP contribution is -2.50. The number of pyridine rings is 1. The Kier molecular flexibility index (Phi) is 6.13. The van der Waals surface area contributed by atoms with Crippen LogP contribution in [0.5, 0.6) is 0 Å². The number of carbonyl (C=O) groups is 1. The predicted octanol–water partition coefficient (Wildman–Crippen LogP) is 7.36. The molecule has 0 aromatic carbocycles. The van der Waals surface area contributed by atoms with E-state index in [1.165, 1.54) is 36.0 Å². The van der Waals surface area contributed by atoms with E-state index in [0.29, 0.717) is 12.5 Å². The molecule has 33 heavy (non-hydrogen) atoms. The molecule has 4 aliphatic carbocycles. The third-order valence-electron chi connectivity index (χ3n) is 9.59. The quantitative estimate of drug-likeness (QED) is 0.268. The van der Waals surface area contributed by atoms with Crippen LogP contribution in [0.4, 0.5) is 4.79 Å². The minimum Gasteiger partial charge on any atom is -0.434 e. The second-order valence-corrected chi connectivity index (χ2v) is 11.2. The summed E-state index contributed by atoms with van der Waals surface area (Å²) in [7, 11) is 0. The predicted molar refractivity (Wildman–Crippen MR) is 130 cm³/mol. The zero-order chi connectivity index (χ0) is 23.1. The van der Waals surface area contributed by atoms with Crippen molar-refractivity contribution in [3.63, 3.8) is 0 Å². The SMILES string of the molecule is CCCCOC(=O)O[C@H]1CC[C@@]2(C)C(=CC[C@@H]3[C@@H]2CC[C@]2(C)C(c4cccnc4)=CC[C@@H]32)C1. The molecule has 178 valence electrons. The highest BCUT2D eigenvalue weighted by Crippen LogP contribution is 2.66. The van der Waals surface area contributed by atoms with Gasteiger partial charge in [0.1, 0.15) is 6.10 Å². The van der Waals surface area contributed by atoms with Crippen LogP contribution in [0.15, 0.2) is 42.3 Å². The highest BCUT2D eigenvalue weighted by molar-refractivity contribution is 5.72. The Balaban J connectivity index is 1.29. The van der Waals surface area contributed by atoms with Crippen LogP contribution in [-0.2, 0) is 9.47 Å². The first-order chi connectivity index (χ1) is 16.0. The Bertz CT molecular complexity index is 937. The standard InChI is InChI=1S/C29H39NO3/c1-4-5-17-32-27(31)33-22-12-14-28(2)21(18-22)8-9-23-25-11-10-24(20-7-6-16-30-19-20)29(25,3)15-13-26(23)28/h6-8,10,16,19,22-23,25-26H,4-5,9,11-15,17-18H2,1-3H3/t22-,23-,25-,26-,28-,29+/m0/s1. The van der Waals surface area contributed by atoms with E-state index in [0.717, 1.165) is 50.4 Å². The van der Waals surface area contributed by atoms with Gasteiger partial charge in [-0.2, -0.15) is 0 Å². The van der Waals surface area contributed by atoms with Gasteiger partial charge in [0.05, 0.1) is 6.61 Å². The Morgan fingerprint density at radius 3 is 2.76 bits per heavy atom. The fourth-order valence-corrected chi connectivity index (χ4v) is 7.74. The maximum Gasteiger partial charge on any atom is 0.508 e. The van der Waals surface area contributed by atoms with E-state index in [-0.39, 0.29) is 16.9 Å². The van der Waals surface area contributed by atoms with Gasteiger partial charge in [-0.15, -0.1) is 0 Å². The van der Waals surface area contributed by atoms with Crippen molar-refractivity contribution in [1.29, 1.82) is 0 Å². The summed E-state index contributed by atoms with van der Waals surface area (Å²) in [6, 6.07) is 4.29. The molecule has 4 aliphatic rings. The number of unbranched alkanes of at least 4 members (excludes halogenated alkanes) is 1. The molecule has 0 bridgehead atoms. The van der Waals surface area contributed by atoms with Crippen molar-refractivity contribution < 1.29 is 14.3 Å². The fourth-order valence-electron chi connectivity index (χ4n) is 7.74. The number of rotatable bonds is 5. The van der Waals surface area contributed by atoms with Gasteiger partial charge in [0.25, 0.3) is 0 Å². The first kappa shape index (κ1) is 22.7. The van der Waals surface area contributed by atoms with Crippen LogP contribution < -0.4 is 0 Å². The van der Waals surface area contributed by atoms with Gasteiger partial charge in [0, 0.05) is 18.8 Å². The van der Waals surface area contributed by atoms with Crippen LogP contribution in [-0.4, -0.2) is 23.9 Å². The van der Waals surface area contributed by atoms with Crippen LogP contribution in [0.2, 0.25) is 0 Å². The van der Waals surface area contributed by atoms with Crippen molar-refractivity contribution in [3.8, 4) is 0 Å². The third kappa shape index (κ3) is 3.94. The largest absolute Gasteiger partial charge is 0.508 e. The number of carbonyl (C=O) groups excluding carboxylic acids is 1. The highest BCUT2D eigenvalue weighted by Gasteiger charge is 2.57. The third-order valence-corrected chi connectivity index (χ3v) is 9.59. The second kappa shape index (κ2) is 8.92. The van der Waals surface area contributed by atoms with Crippen LogP contribution in [0, 0.1) is 28.6 Å². The van der Waals surface area contributed by atoms with E-state index in [2.05, 4.69) is 50.0 Å². The van der Waals surface area contributed by atoms with Gasteiger partial charge in [0.15, 0.2) is 0 Å². The highest BCUT2D eigenvalue weighted by atomic mass is 16.7. The first-order valence-electron chi connectivity index (χ1n) is 13.1. The number of hydrogen-bond donors (Lipinski definition) is 0. The normalized spacial score (nSPS) is 37.2. The summed E-state index contributed by atoms with van der Waals surface area (Å²) in [5, 5.41) is 0. The summed E-state index contributed by atoms with van der Waals surface area (Å²) >= 11 is 0. The Hall–Kier alpha value is -2.10. The number of ether oxygens (including phenoxy) is 2. The molecule has 6 atom stereocenters. The molecule has 2 fully saturated rings. The fraction of sp³-hybridized carbons (Fsp3) is 0.655. The molecule has 0 aliphatic heterocycles.